The molecule has 0 saturated carbocycles. The van der Waals surface area contributed by atoms with Crippen LogP contribution in [0.15, 0.2) is 59.0 Å². The summed E-state index contributed by atoms with van der Waals surface area (Å²) in [4.78, 5) is 4.27. The van der Waals surface area contributed by atoms with Gasteiger partial charge in [-0.05, 0) is 24.6 Å². The number of aromatic nitrogens is 1. The number of nitrogens with zero attached hydrogens (tertiary/aromatic N) is 1. The third kappa shape index (κ3) is 2.83. The van der Waals surface area contributed by atoms with E-state index in [0.29, 0.717) is 11.1 Å². The van der Waals surface area contributed by atoms with Crippen molar-refractivity contribution in [1.29, 1.82) is 0 Å². The average Bonchev–Trinajstić information content (AvgIpc) is 2.90. The Kier molecular flexibility index (Phi) is 3.51. The van der Waals surface area contributed by atoms with Gasteiger partial charge in [-0.2, -0.15) is 0 Å². The second kappa shape index (κ2) is 5.33. The first-order valence-electron chi connectivity index (χ1n) is 6.67. The molecule has 1 unspecified atom stereocenters. The average molecular weight is 301 g/mol. The Hall–Kier alpha value is -2.14. The number of hydrogen-bond acceptors (Lipinski definition) is 4. The minimum Gasteiger partial charge on any atom is -0.439 e. The SMILES string of the molecule is CC(c1nc2ccccc2o1)S(=O)(=O)Cc1ccccc1. The molecule has 0 amide bonds. The second-order valence-corrected chi connectivity index (χ2v) is 7.28. The molecule has 0 aliphatic rings. The van der Waals surface area contributed by atoms with E-state index in [4.69, 9.17) is 4.42 Å². The van der Waals surface area contributed by atoms with Crippen molar-refractivity contribution in [1.82, 2.24) is 4.98 Å². The van der Waals surface area contributed by atoms with Crippen molar-refractivity contribution in [3.05, 3.63) is 66.1 Å². The molecule has 0 aliphatic carbocycles. The van der Waals surface area contributed by atoms with Crippen LogP contribution in [0, 0.1) is 0 Å². The Morgan fingerprint density at radius 1 is 1.05 bits per heavy atom. The van der Waals surface area contributed by atoms with Crippen molar-refractivity contribution in [3.8, 4) is 0 Å². The quantitative estimate of drug-likeness (QED) is 0.740. The Morgan fingerprint density at radius 3 is 2.43 bits per heavy atom. The van der Waals surface area contributed by atoms with Crippen molar-refractivity contribution in [2.75, 3.05) is 0 Å². The van der Waals surface area contributed by atoms with E-state index in [2.05, 4.69) is 4.98 Å². The van der Waals surface area contributed by atoms with Crippen LogP contribution in [0.1, 0.15) is 23.6 Å². The summed E-state index contributed by atoms with van der Waals surface area (Å²) in [5.74, 6) is 0.223. The van der Waals surface area contributed by atoms with Crippen molar-refractivity contribution < 1.29 is 12.8 Å². The van der Waals surface area contributed by atoms with Crippen LogP contribution in [0.4, 0.5) is 0 Å². The highest BCUT2D eigenvalue weighted by Crippen LogP contribution is 2.27. The van der Waals surface area contributed by atoms with Gasteiger partial charge in [0.1, 0.15) is 10.8 Å². The van der Waals surface area contributed by atoms with Crippen molar-refractivity contribution in [3.63, 3.8) is 0 Å². The molecular weight excluding hydrogens is 286 g/mol. The molecule has 0 bridgehead atoms. The molecule has 21 heavy (non-hydrogen) atoms. The Bertz CT molecular complexity index is 820. The highest BCUT2D eigenvalue weighted by molar-refractivity contribution is 7.90. The van der Waals surface area contributed by atoms with E-state index in [0.717, 1.165) is 5.56 Å². The lowest BCUT2D eigenvalue weighted by Crippen LogP contribution is -2.13. The van der Waals surface area contributed by atoms with E-state index >= 15 is 0 Å². The predicted molar refractivity (Wildman–Crippen MR) is 81.5 cm³/mol. The zero-order valence-electron chi connectivity index (χ0n) is 11.6. The lowest BCUT2D eigenvalue weighted by atomic mass is 10.2. The van der Waals surface area contributed by atoms with Crippen LogP contribution in [0.5, 0.6) is 0 Å². The van der Waals surface area contributed by atoms with Gasteiger partial charge in [0, 0.05) is 0 Å². The van der Waals surface area contributed by atoms with Crippen LogP contribution >= 0.6 is 0 Å². The van der Waals surface area contributed by atoms with Gasteiger partial charge < -0.3 is 4.42 Å². The highest BCUT2D eigenvalue weighted by Gasteiger charge is 2.27. The van der Waals surface area contributed by atoms with Crippen LogP contribution in [0.3, 0.4) is 0 Å². The van der Waals surface area contributed by atoms with Gasteiger partial charge in [-0.15, -0.1) is 0 Å². The van der Waals surface area contributed by atoms with Gasteiger partial charge in [0.05, 0.1) is 5.75 Å². The summed E-state index contributed by atoms with van der Waals surface area (Å²) in [5.41, 5.74) is 2.05. The number of hydrogen-bond donors (Lipinski definition) is 0. The summed E-state index contributed by atoms with van der Waals surface area (Å²) in [5, 5.41) is -0.773. The van der Waals surface area contributed by atoms with Gasteiger partial charge in [0.25, 0.3) is 0 Å². The van der Waals surface area contributed by atoms with E-state index in [1.54, 1.807) is 31.2 Å². The molecule has 0 N–H and O–H groups in total. The number of rotatable bonds is 4. The van der Waals surface area contributed by atoms with Crippen LogP contribution in [-0.2, 0) is 15.6 Å². The Labute approximate surface area is 123 Å². The minimum atomic E-state index is -3.37. The maximum atomic E-state index is 12.5. The fraction of sp³-hybridized carbons (Fsp3) is 0.188. The number of sulfone groups is 1. The van der Waals surface area contributed by atoms with Gasteiger partial charge in [-0.25, -0.2) is 13.4 Å². The summed E-state index contributed by atoms with van der Waals surface area (Å²) >= 11 is 0. The molecule has 1 heterocycles. The molecule has 3 aromatic rings. The van der Waals surface area contributed by atoms with Crippen LogP contribution in [0.25, 0.3) is 11.1 Å². The topological polar surface area (TPSA) is 60.2 Å². The number of fused-ring (bicyclic) bond motifs is 1. The van der Waals surface area contributed by atoms with E-state index in [1.165, 1.54) is 0 Å². The Balaban J connectivity index is 1.91. The van der Waals surface area contributed by atoms with Crippen molar-refractivity contribution in [2.45, 2.75) is 17.9 Å². The summed E-state index contributed by atoms with van der Waals surface area (Å²) in [6.07, 6.45) is 0. The molecule has 1 aromatic heterocycles. The molecule has 4 nitrogen and oxygen atoms in total. The zero-order chi connectivity index (χ0) is 14.9. The molecule has 3 rings (SSSR count). The zero-order valence-corrected chi connectivity index (χ0v) is 12.4. The number of benzene rings is 2. The van der Waals surface area contributed by atoms with E-state index < -0.39 is 15.1 Å². The number of para-hydroxylation sites is 2. The van der Waals surface area contributed by atoms with Gasteiger partial charge in [0.2, 0.25) is 5.89 Å². The summed E-state index contributed by atoms with van der Waals surface area (Å²) in [7, 11) is -3.37. The molecule has 0 fully saturated rings. The van der Waals surface area contributed by atoms with Gasteiger partial charge in [-0.3, -0.25) is 0 Å². The van der Waals surface area contributed by atoms with Crippen LogP contribution in [0.2, 0.25) is 0 Å². The Morgan fingerprint density at radius 2 is 1.71 bits per heavy atom. The van der Waals surface area contributed by atoms with Gasteiger partial charge in [-0.1, -0.05) is 42.5 Å². The first-order valence-corrected chi connectivity index (χ1v) is 8.39. The molecule has 108 valence electrons. The second-order valence-electron chi connectivity index (χ2n) is 4.95. The molecule has 0 saturated heterocycles. The normalized spacial score (nSPS) is 13.4. The standard InChI is InChI=1S/C16H15NO3S/c1-12(16-17-14-9-5-6-10-15(14)20-16)21(18,19)11-13-7-3-2-4-8-13/h2-10,12H,11H2,1H3. The van der Waals surface area contributed by atoms with Crippen LogP contribution < -0.4 is 0 Å². The molecule has 0 aliphatic heterocycles. The molecule has 1 atom stereocenters. The summed E-state index contributed by atoms with van der Waals surface area (Å²) in [6, 6.07) is 16.4. The maximum Gasteiger partial charge on any atom is 0.213 e. The highest BCUT2D eigenvalue weighted by atomic mass is 32.2. The largest absolute Gasteiger partial charge is 0.439 e. The molecule has 0 spiro atoms. The van der Waals surface area contributed by atoms with Gasteiger partial charge >= 0.3 is 0 Å². The number of oxazole rings is 1. The molecule has 2 aromatic carbocycles. The summed E-state index contributed by atoms with van der Waals surface area (Å²) < 4.78 is 30.5. The first kappa shape index (κ1) is 13.8. The molecular formula is C16H15NO3S. The monoisotopic (exact) mass is 301 g/mol. The maximum absolute atomic E-state index is 12.5. The first-order chi connectivity index (χ1) is 10.1. The third-order valence-electron chi connectivity index (χ3n) is 3.41. The lowest BCUT2D eigenvalue weighted by molar-refractivity contribution is 0.513. The van der Waals surface area contributed by atoms with Gasteiger partial charge in [0.15, 0.2) is 15.4 Å². The predicted octanol–water partition coefficient (Wildman–Crippen LogP) is 3.50. The van der Waals surface area contributed by atoms with Crippen molar-refractivity contribution >= 4 is 20.9 Å². The molecule has 0 radical (unpaired) electrons. The van der Waals surface area contributed by atoms with E-state index in [-0.39, 0.29) is 11.6 Å². The van der Waals surface area contributed by atoms with Crippen LogP contribution in [-0.4, -0.2) is 13.4 Å². The smallest absolute Gasteiger partial charge is 0.213 e. The molecule has 5 heteroatoms. The minimum absolute atomic E-state index is 0.0201. The summed E-state index contributed by atoms with van der Waals surface area (Å²) in [6.45, 7) is 1.61. The van der Waals surface area contributed by atoms with E-state index in [9.17, 15) is 8.42 Å². The van der Waals surface area contributed by atoms with E-state index in [1.807, 2.05) is 30.3 Å². The lowest BCUT2D eigenvalue weighted by Gasteiger charge is -2.09. The fourth-order valence-electron chi connectivity index (χ4n) is 2.15. The third-order valence-corrected chi connectivity index (χ3v) is 5.42. The fourth-order valence-corrected chi connectivity index (χ4v) is 3.46. The van der Waals surface area contributed by atoms with Crippen molar-refractivity contribution in [2.24, 2.45) is 0 Å².